The average Bonchev–Trinajstić information content (AvgIpc) is 2.62. The maximum atomic E-state index is 13.1. The Labute approximate surface area is 142 Å². The summed E-state index contributed by atoms with van der Waals surface area (Å²) in [6, 6.07) is 12.8. The van der Waals surface area contributed by atoms with Crippen molar-refractivity contribution in [1.82, 2.24) is 9.88 Å². The lowest BCUT2D eigenvalue weighted by molar-refractivity contribution is -0.0251. The number of ether oxygens (including phenoxy) is 2. The van der Waals surface area contributed by atoms with Crippen LogP contribution in [-0.4, -0.2) is 36.7 Å². The first-order valence-corrected chi connectivity index (χ1v) is 8.23. The molecule has 5 heteroatoms. The number of aromatic nitrogens is 1. The van der Waals surface area contributed by atoms with Gasteiger partial charge in [0.15, 0.2) is 0 Å². The number of hydrogen-bond donors (Lipinski definition) is 0. The molecule has 24 heavy (non-hydrogen) atoms. The molecular weight excluding hydrogens is 307 g/mol. The van der Waals surface area contributed by atoms with E-state index in [1.807, 2.05) is 30.3 Å². The number of pyridine rings is 1. The Hall–Kier alpha value is -1.98. The zero-order chi connectivity index (χ0) is 16.9. The van der Waals surface area contributed by atoms with Crippen LogP contribution >= 0.6 is 0 Å². The number of nitrogens with zero attached hydrogens (tertiary/aromatic N) is 2. The van der Waals surface area contributed by atoms with Gasteiger partial charge in [0, 0.05) is 25.3 Å². The first-order valence-electron chi connectivity index (χ1n) is 8.23. The van der Waals surface area contributed by atoms with Crippen molar-refractivity contribution in [2.24, 2.45) is 0 Å². The molecule has 4 nitrogen and oxygen atoms in total. The second kappa shape index (κ2) is 7.73. The van der Waals surface area contributed by atoms with Crippen molar-refractivity contribution < 1.29 is 13.9 Å². The topological polar surface area (TPSA) is 34.6 Å². The van der Waals surface area contributed by atoms with Crippen LogP contribution in [-0.2, 0) is 11.3 Å². The van der Waals surface area contributed by atoms with E-state index in [1.165, 1.54) is 12.1 Å². The highest BCUT2D eigenvalue weighted by Crippen LogP contribution is 2.30. The maximum absolute atomic E-state index is 13.1. The SMILES string of the molecule is COc1cccc(CN(C)[C@H]2CCO[C@@H](c3ccc(F)cc3)C2)n1. The van der Waals surface area contributed by atoms with Crippen molar-refractivity contribution >= 4 is 0 Å². The Balaban J connectivity index is 1.64. The van der Waals surface area contributed by atoms with E-state index in [4.69, 9.17) is 9.47 Å². The molecule has 0 spiro atoms. The highest BCUT2D eigenvalue weighted by Gasteiger charge is 2.26. The minimum atomic E-state index is -0.215. The Morgan fingerprint density at radius 1 is 1.25 bits per heavy atom. The van der Waals surface area contributed by atoms with Crippen LogP contribution < -0.4 is 4.74 Å². The smallest absolute Gasteiger partial charge is 0.213 e. The van der Waals surface area contributed by atoms with Gasteiger partial charge in [0.2, 0.25) is 5.88 Å². The Morgan fingerprint density at radius 3 is 2.79 bits per heavy atom. The van der Waals surface area contributed by atoms with Crippen molar-refractivity contribution in [1.29, 1.82) is 0 Å². The van der Waals surface area contributed by atoms with Crippen LogP contribution in [0.2, 0.25) is 0 Å². The van der Waals surface area contributed by atoms with Crippen LogP contribution in [0.1, 0.15) is 30.2 Å². The molecule has 3 rings (SSSR count). The normalized spacial score (nSPS) is 21.0. The fourth-order valence-electron chi connectivity index (χ4n) is 3.13. The second-order valence-electron chi connectivity index (χ2n) is 6.18. The molecular formula is C19H23FN2O2. The van der Waals surface area contributed by atoms with Gasteiger partial charge in [-0.2, -0.15) is 0 Å². The lowest BCUT2D eigenvalue weighted by Crippen LogP contribution is -2.37. The fourth-order valence-corrected chi connectivity index (χ4v) is 3.13. The molecule has 0 amide bonds. The molecule has 0 unspecified atom stereocenters. The van der Waals surface area contributed by atoms with E-state index in [-0.39, 0.29) is 11.9 Å². The summed E-state index contributed by atoms with van der Waals surface area (Å²) in [7, 11) is 3.74. The van der Waals surface area contributed by atoms with Gasteiger partial charge in [-0.1, -0.05) is 18.2 Å². The maximum Gasteiger partial charge on any atom is 0.213 e. The summed E-state index contributed by atoms with van der Waals surface area (Å²) in [4.78, 5) is 6.78. The standard InChI is InChI=1S/C19H23FN2O2/c1-22(13-16-4-3-5-19(21-16)23-2)17-10-11-24-18(12-17)14-6-8-15(20)9-7-14/h3-9,17-18H,10-13H2,1-2H3/t17-,18+/m0/s1. The molecule has 1 aromatic heterocycles. The van der Waals surface area contributed by atoms with E-state index in [9.17, 15) is 4.39 Å². The zero-order valence-electron chi connectivity index (χ0n) is 14.1. The van der Waals surface area contributed by atoms with Crippen LogP contribution in [0.3, 0.4) is 0 Å². The molecule has 1 aliphatic heterocycles. The first kappa shape index (κ1) is 16.9. The number of rotatable bonds is 5. The summed E-state index contributed by atoms with van der Waals surface area (Å²) in [6.07, 6.45) is 1.90. The highest BCUT2D eigenvalue weighted by molar-refractivity contribution is 5.19. The number of methoxy groups -OCH3 is 1. The number of halogens is 1. The molecule has 2 aromatic rings. The lowest BCUT2D eigenvalue weighted by atomic mass is 9.96. The molecule has 128 valence electrons. The molecule has 0 N–H and O–H groups in total. The summed E-state index contributed by atoms with van der Waals surface area (Å²) in [6.45, 7) is 1.47. The minimum absolute atomic E-state index is 0.0186. The predicted octanol–water partition coefficient (Wildman–Crippen LogP) is 3.58. The van der Waals surface area contributed by atoms with E-state index < -0.39 is 0 Å². The summed E-state index contributed by atoms with van der Waals surface area (Å²) >= 11 is 0. The monoisotopic (exact) mass is 330 g/mol. The van der Waals surface area contributed by atoms with Crippen LogP contribution in [0.5, 0.6) is 5.88 Å². The van der Waals surface area contributed by atoms with E-state index in [1.54, 1.807) is 7.11 Å². The van der Waals surface area contributed by atoms with Gasteiger partial charge in [-0.05, 0) is 43.7 Å². The number of hydrogen-bond acceptors (Lipinski definition) is 4. The van der Waals surface area contributed by atoms with Crippen LogP contribution in [0.25, 0.3) is 0 Å². The molecule has 2 heterocycles. The summed E-state index contributed by atoms with van der Waals surface area (Å²) in [5, 5.41) is 0. The van der Waals surface area contributed by atoms with Crippen LogP contribution in [0.15, 0.2) is 42.5 Å². The fraction of sp³-hybridized carbons (Fsp3) is 0.421. The Bertz CT molecular complexity index is 663. The van der Waals surface area contributed by atoms with Gasteiger partial charge in [0.1, 0.15) is 5.82 Å². The Morgan fingerprint density at radius 2 is 2.04 bits per heavy atom. The van der Waals surface area contributed by atoms with Crippen molar-refractivity contribution in [2.45, 2.75) is 31.5 Å². The Kier molecular flexibility index (Phi) is 5.43. The molecule has 1 aromatic carbocycles. The third-order valence-electron chi connectivity index (χ3n) is 4.52. The first-order chi connectivity index (χ1) is 11.7. The molecule has 2 atom stereocenters. The molecule has 0 radical (unpaired) electrons. The third kappa shape index (κ3) is 4.10. The minimum Gasteiger partial charge on any atom is -0.481 e. The van der Waals surface area contributed by atoms with Crippen molar-refractivity contribution in [3.63, 3.8) is 0 Å². The van der Waals surface area contributed by atoms with Crippen LogP contribution in [0.4, 0.5) is 4.39 Å². The molecule has 0 saturated carbocycles. The third-order valence-corrected chi connectivity index (χ3v) is 4.52. The van der Waals surface area contributed by atoms with Gasteiger partial charge >= 0.3 is 0 Å². The van der Waals surface area contributed by atoms with Gasteiger partial charge in [-0.25, -0.2) is 9.37 Å². The molecule has 0 bridgehead atoms. The van der Waals surface area contributed by atoms with Gasteiger partial charge < -0.3 is 9.47 Å². The largest absolute Gasteiger partial charge is 0.481 e. The van der Waals surface area contributed by atoms with Crippen LogP contribution in [0, 0.1) is 5.82 Å². The van der Waals surface area contributed by atoms with E-state index in [0.717, 1.165) is 30.6 Å². The van der Waals surface area contributed by atoms with E-state index in [2.05, 4.69) is 16.9 Å². The summed E-state index contributed by atoms with van der Waals surface area (Å²) < 4.78 is 24.2. The second-order valence-corrected chi connectivity index (χ2v) is 6.18. The highest BCUT2D eigenvalue weighted by atomic mass is 19.1. The van der Waals surface area contributed by atoms with Gasteiger partial charge in [0.05, 0.1) is 18.9 Å². The van der Waals surface area contributed by atoms with E-state index >= 15 is 0 Å². The quantitative estimate of drug-likeness (QED) is 0.839. The number of benzene rings is 1. The van der Waals surface area contributed by atoms with Crippen molar-refractivity contribution in [3.05, 3.63) is 59.5 Å². The molecule has 0 aliphatic carbocycles. The summed E-state index contributed by atoms with van der Waals surface area (Å²) in [5.41, 5.74) is 2.02. The molecule has 1 saturated heterocycles. The van der Waals surface area contributed by atoms with Gasteiger partial charge in [-0.3, -0.25) is 4.90 Å². The van der Waals surface area contributed by atoms with Crippen molar-refractivity contribution in [3.8, 4) is 5.88 Å². The lowest BCUT2D eigenvalue weighted by Gasteiger charge is -2.35. The summed E-state index contributed by atoms with van der Waals surface area (Å²) in [5.74, 6) is 0.421. The molecule has 1 aliphatic rings. The zero-order valence-corrected chi connectivity index (χ0v) is 14.1. The van der Waals surface area contributed by atoms with Gasteiger partial charge in [-0.15, -0.1) is 0 Å². The predicted molar refractivity (Wildman–Crippen MR) is 90.4 cm³/mol. The van der Waals surface area contributed by atoms with E-state index in [0.29, 0.717) is 18.5 Å². The van der Waals surface area contributed by atoms with Crippen molar-refractivity contribution in [2.75, 3.05) is 20.8 Å². The molecule has 1 fully saturated rings. The van der Waals surface area contributed by atoms with Gasteiger partial charge in [0.25, 0.3) is 0 Å². The average molecular weight is 330 g/mol.